The summed E-state index contributed by atoms with van der Waals surface area (Å²) in [5, 5.41) is 9.30. The Morgan fingerprint density at radius 2 is 2.15 bits per heavy atom. The predicted molar refractivity (Wildman–Crippen MR) is 75.0 cm³/mol. The molecule has 4 nitrogen and oxygen atoms in total. The second-order valence-electron chi connectivity index (χ2n) is 5.03. The van der Waals surface area contributed by atoms with E-state index in [1.807, 2.05) is 6.92 Å². The number of halogens is 2. The van der Waals surface area contributed by atoms with Crippen molar-refractivity contribution < 1.29 is 19.1 Å². The van der Waals surface area contributed by atoms with Crippen LogP contribution >= 0.6 is 15.9 Å². The van der Waals surface area contributed by atoms with Gasteiger partial charge in [-0.3, -0.25) is 4.79 Å². The van der Waals surface area contributed by atoms with E-state index in [1.165, 1.54) is 17.0 Å². The van der Waals surface area contributed by atoms with Crippen molar-refractivity contribution >= 4 is 27.8 Å². The molecule has 1 aliphatic rings. The Kier molecular flexibility index (Phi) is 4.42. The van der Waals surface area contributed by atoms with Gasteiger partial charge in [-0.05, 0) is 52.9 Å². The number of carboxylic acids is 1. The van der Waals surface area contributed by atoms with Crippen molar-refractivity contribution in [1.29, 1.82) is 0 Å². The average Bonchev–Trinajstić information content (AvgIpc) is 2.40. The Labute approximate surface area is 124 Å². The van der Waals surface area contributed by atoms with Crippen molar-refractivity contribution in [2.45, 2.75) is 25.8 Å². The van der Waals surface area contributed by atoms with Gasteiger partial charge in [-0.15, -0.1) is 0 Å². The molecule has 0 radical (unpaired) electrons. The van der Waals surface area contributed by atoms with Crippen molar-refractivity contribution in [2.24, 2.45) is 5.92 Å². The normalized spacial score (nSPS) is 22.6. The Bertz CT molecular complexity index is 549. The molecule has 0 spiro atoms. The number of carboxylic acid groups (broad SMARTS) is 1. The van der Waals surface area contributed by atoms with E-state index in [-0.39, 0.29) is 16.0 Å². The van der Waals surface area contributed by atoms with E-state index in [0.717, 1.165) is 18.9 Å². The Hall–Kier alpha value is -1.43. The lowest BCUT2D eigenvalue weighted by Gasteiger charge is -2.37. The van der Waals surface area contributed by atoms with E-state index in [1.54, 1.807) is 0 Å². The molecule has 1 aromatic rings. The highest BCUT2D eigenvalue weighted by atomic mass is 79.9. The number of carbonyl (C=O) groups excluding carboxylic acids is 1. The summed E-state index contributed by atoms with van der Waals surface area (Å²) >= 11 is 3.03. The van der Waals surface area contributed by atoms with Crippen LogP contribution in [-0.2, 0) is 4.79 Å². The largest absolute Gasteiger partial charge is 0.480 e. The molecule has 1 saturated heterocycles. The molecular weight excluding hydrogens is 329 g/mol. The number of carbonyl (C=O) groups is 2. The molecule has 6 heteroatoms. The number of rotatable bonds is 2. The van der Waals surface area contributed by atoms with Gasteiger partial charge in [0.05, 0.1) is 4.47 Å². The number of nitrogens with zero attached hydrogens (tertiary/aromatic N) is 1. The maximum Gasteiger partial charge on any atom is 0.326 e. The first kappa shape index (κ1) is 15.0. The molecule has 108 valence electrons. The predicted octanol–water partition coefficient (Wildman–Crippen LogP) is 2.91. The summed E-state index contributed by atoms with van der Waals surface area (Å²) in [7, 11) is 0. The highest BCUT2D eigenvalue weighted by molar-refractivity contribution is 9.10. The lowest BCUT2D eigenvalue weighted by molar-refractivity contribution is -0.145. The summed E-state index contributed by atoms with van der Waals surface area (Å²) < 4.78 is 13.8. The summed E-state index contributed by atoms with van der Waals surface area (Å²) in [6.07, 6.45) is 1.53. The summed E-state index contributed by atoms with van der Waals surface area (Å²) in [4.78, 5) is 25.1. The zero-order chi connectivity index (χ0) is 14.9. The molecule has 1 fully saturated rings. The highest BCUT2D eigenvalue weighted by Crippen LogP contribution is 2.26. The lowest BCUT2D eigenvalue weighted by atomic mass is 9.90. The lowest BCUT2D eigenvalue weighted by Crippen LogP contribution is -2.51. The smallest absolute Gasteiger partial charge is 0.326 e. The molecule has 2 atom stereocenters. The summed E-state index contributed by atoms with van der Waals surface area (Å²) in [5.41, 5.74) is 0.172. The number of piperidine rings is 1. The third-order valence-electron chi connectivity index (χ3n) is 3.61. The van der Waals surface area contributed by atoms with Gasteiger partial charge in [-0.1, -0.05) is 6.92 Å². The minimum absolute atomic E-state index is 0.106. The van der Waals surface area contributed by atoms with Crippen LogP contribution in [0.25, 0.3) is 0 Å². The molecule has 0 saturated carbocycles. The standard InChI is InChI=1S/C14H15BrFNO3/c1-8-3-2-6-17(12(8)14(19)20)13(18)9-4-5-10(15)11(16)7-9/h4-5,7-8,12H,2-3,6H2,1H3,(H,19,20). The Morgan fingerprint density at radius 1 is 1.45 bits per heavy atom. The van der Waals surface area contributed by atoms with Crippen molar-refractivity contribution in [2.75, 3.05) is 6.54 Å². The van der Waals surface area contributed by atoms with Gasteiger partial charge in [0, 0.05) is 12.1 Å². The molecular formula is C14H15BrFNO3. The zero-order valence-electron chi connectivity index (χ0n) is 11.0. The molecule has 1 amide bonds. The van der Waals surface area contributed by atoms with Crippen molar-refractivity contribution in [3.63, 3.8) is 0 Å². The summed E-state index contributed by atoms with van der Waals surface area (Å²) in [6.45, 7) is 2.21. The quantitative estimate of drug-likeness (QED) is 0.898. The molecule has 0 aliphatic carbocycles. The molecule has 0 bridgehead atoms. The minimum Gasteiger partial charge on any atom is -0.480 e. The van der Waals surface area contributed by atoms with E-state index in [0.29, 0.717) is 6.54 Å². The number of amides is 1. The van der Waals surface area contributed by atoms with Crippen molar-refractivity contribution in [1.82, 2.24) is 4.90 Å². The molecule has 2 unspecified atom stereocenters. The fraction of sp³-hybridized carbons (Fsp3) is 0.429. The Balaban J connectivity index is 2.30. The van der Waals surface area contributed by atoms with E-state index >= 15 is 0 Å². The van der Waals surface area contributed by atoms with Crippen molar-refractivity contribution in [3.05, 3.63) is 34.1 Å². The first-order valence-corrected chi connectivity index (χ1v) is 7.20. The summed E-state index contributed by atoms with van der Waals surface area (Å²) in [6, 6.07) is 3.23. The first-order chi connectivity index (χ1) is 9.41. The summed E-state index contributed by atoms with van der Waals surface area (Å²) in [5.74, 6) is -2.09. The molecule has 1 aliphatic heterocycles. The fourth-order valence-corrected chi connectivity index (χ4v) is 2.83. The monoisotopic (exact) mass is 343 g/mol. The van der Waals surface area contributed by atoms with Crippen LogP contribution < -0.4 is 0 Å². The second-order valence-corrected chi connectivity index (χ2v) is 5.88. The second kappa shape index (κ2) is 5.91. The number of likely N-dealkylation sites (tertiary alicyclic amines) is 1. The van der Waals surface area contributed by atoms with E-state index in [9.17, 15) is 19.1 Å². The third-order valence-corrected chi connectivity index (χ3v) is 4.26. The molecule has 1 heterocycles. The molecule has 1 aromatic carbocycles. The van der Waals surface area contributed by atoms with E-state index in [2.05, 4.69) is 15.9 Å². The third kappa shape index (κ3) is 2.85. The first-order valence-electron chi connectivity index (χ1n) is 6.40. The molecule has 1 N–H and O–H groups in total. The van der Waals surface area contributed by atoms with E-state index in [4.69, 9.17) is 0 Å². The van der Waals surface area contributed by atoms with Crippen LogP contribution in [0.5, 0.6) is 0 Å². The number of hydrogen-bond donors (Lipinski definition) is 1. The number of aliphatic carboxylic acids is 1. The van der Waals surface area contributed by atoms with E-state index < -0.39 is 23.7 Å². The number of hydrogen-bond acceptors (Lipinski definition) is 2. The van der Waals surface area contributed by atoms with Crippen LogP contribution in [0.4, 0.5) is 4.39 Å². The topological polar surface area (TPSA) is 57.6 Å². The van der Waals surface area contributed by atoms with Gasteiger partial charge in [-0.2, -0.15) is 0 Å². The maximum atomic E-state index is 13.5. The van der Waals surface area contributed by atoms with Gasteiger partial charge in [0.2, 0.25) is 0 Å². The molecule has 0 aromatic heterocycles. The van der Waals surface area contributed by atoms with Crippen molar-refractivity contribution in [3.8, 4) is 0 Å². The van der Waals surface area contributed by atoms with Gasteiger partial charge in [0.25, 0.3) is 5.91 Å². The van der Waals surface area contributed by atoms with Gasteiger partial charge >= 0.3 is 5.97 Å². The van der Waals surface area contributed by atoms with Crippen LogP contribution in [0.2, 0.25) is 0 Å². The van der Waals surface area contributed by atoms with Crippen LogP contribution in [0, 0.1) is 11.7 Å². The van der Waals surface area contributed by atoms with Crippen LogP contribution in [0.15, 0.2) is 22.7 Å². The maximum absolute atomic E-state index is 13.5. The molecule has 20 heavy (non-hydrogen) atoms. The van der Waals surface area contributed by atoms with Crippen LogP contribution in [0.1, 0.15) is 30.1 Å². The number of benzene rings is 1. The van der Waals surface area contributed by atoms with Crippen LogP contribution in [-0.4, -0.2) is 34.5 Å². The zero-order valence-corrected chi connectivity index (χ0v) is 12.6. The Morgan fingerprint density at radius 3 is 2.75 bits per heavy atom. The van der Waals surface area contributed by atoms with Gasteiger partial charge in [0.1, 0.15) is 11.9 Å². The minimum atomic E-state index is -1.01. The molecule has 2 rings (SSSR count). The van der Waals surface area contributed by atoms with Crippen LogP contribution in [0.3, 0.4) is 0 Å². The fourth-order valence-electron chi connectivity index (χ4n) is 2.59. The van der Waals surface area contributed by atoms with Gasteiger partial charge in [0.15, 0.2) is 0 Å². The van der Waals surface area contributed by atoms with Gasteiger partial charge in [-0.25, -0.2) is 9.18 Å². The highest BCUT2D eigenvalue weighted by Gasteiger charge is 2.37. The SMILES string of the molecule is CC1CCCN(C(=O)c2ccc(Br)c(F)c2)C1C(=O)O. The van der Waals surface area contributed by atoms with Gasteiger partial charge < -0.3 is 10.0 Å². The average molecular weight is 344 g/mol.